The lowest BCUT2D eigenvalue weighted by molar-refractivity contribution is -0.114. The Morgan fingerprint density at radius 3 is 2.61 bits per heavy atom. The van der Waals surface area contributed by atoms with Gasteiger partial charge < -0.3 is 10.4 Å². The second-order valence-electron chi connectivity index (χ2n) is 4.15. The molecule has 4 nitrogen and oxygen atoms in total. The first kappa shape index (κ1) is 13.1. The van der Waals surface area contributed by atoms with Crippen LogP contribution in [-0.4, -0.2) is 16.9 Å². The van der Waals surface area contributed by atoms with E-state index < -0.39 is 5.97 Å². The van der Waals surface area contributed by atoms with E-state index in [9.17, 15) is 9.59 Å². The molecular formula is C13H12INO3. The number of rotatable bonds is 3. The predicted molar refractivity (Wildman–Crippen MR) is 76.7 cm³/mol. The lowest BCUT2D eigenvalue weighted by atomic mass is 10.2. The maximum Gasteiger partial charge on any atom is 0.335 e. The average Bonchev–Trinajstić information content (AvgIpc) is 2.63. The minimum absolute atomic E-state index is 0.176. The monoisotopic (exact) mass is 357 g/mol. The largest absolute Gasteiger partial charge is 0.478 e. The van der Waals surface area contributed by atoms with Crippen LogP contribution in [0.2, 0.25) is 0 Å². The fraction of sp³-hybridized carbons (Fsp3) is 0.231. The minimum Gasteiger partial charge on any atom is -0.478 e. The number of aromatic carboxylic acids is 1. The molecule has 18 heavy (non-hydrogen) atoms. The van der Waals surface area contributed by atoms with Crippen LogP contribution < -0.4 is 5.32 Å². The van der Waals surface area contributed by atoms with E-state index in [4.69, 9.17) is 5.11 Å². The fourth-order valence-corrected chi connectivity index (χ4v) is 2.50. The number of carbonyl (C=O) groups excluding carboxylic acids is 1. The van der Waals surface area contributed by atoms with Crippen LogP contribution in [-0.2, 0) is 4.79 Å². The number of carbonyl (C=O) groups is 2. The van der Waals surface area contributed by atoms with Crippen molar-refractivity contribution in [1.82, 2.24) is 0 Å². The second-order valence-corrected chi connectivity index (χ2v) is 5.31. The van der Waals surface area contributed by atoms with Crippen molar-refractivity contribution in [3.8, 4) is 0 Å². The fourth-order valence-electron chi connectivity index (χ4n) is 1.85. The molecule has 0 aliphatic heterocycles. The molecule has 0 bridgehead atoms. The summed E-state index contributed by atoms with van der Waals surface area (Å²) in [5, 5.41) is 12.1. The molecule has 5 heteroatoms. The standard InChI is InChI=1S/C13H12INO3/c1-7-10(4-5-12(7)16)15-11-3-2-8(13(17)18)6-9(11)14/h2-3,6,15H,4-5H2,1H3,(H,17,18). The topological polar surface area (TPSA) is 66.4 Å². The number of benzene rings is 1. The van der Waals surface area contributed by atoms with Gasteiger partial charge in [-0.15, -0.1) is 0 Å². The van der Waals surface area contributed by atoms with Crippen LogP contribution in [0.3, 0.4) is 0 Å². The van der Waals surface area contributed by atoms with E-state index in [0.29, 0.717) is 6.42 Å². The second kappa shape index (κ2) is 5.09. The molecule has 0 heterocycles. The van der Waals surface area contributed by atoms with E-state index in [0.717, 1.165) is 26.9 Å². The summed E-state index contributed by atoms with van der Waals surface area (Å²) in [4.78, 5) is 22.3. The Morgan fingerprint density at radius 1 is 1.39 bits per heavy atom. The van der Waals surface area contributed by atoms with Crippen LogP contribution in [0.25, 0.3) is 0 Å². The lowest BCUT2D eigenvalue weighted by Gasteiger charge is -2.10. The molecule has 1 aromatic carbocycles. The molecule has 0 fully saturated rings. The molecule has 2 rings (SSSR count). The molecule has 0 atom stereocenters. The third-order valence-electron chi connectivity index (χ3n) is 2.97. The SMILES string of the molecule is CC1=C(Nc2ccc(C(=O)O)cc2I)CCC1=O. The third kappa shape index (κ3) is 2.55. The molecule has 0 saturated heterocycles. The summed E-state index contributed by atoms with van der Waals surface area (Å²) in [6.07, 6.45) is 1.28. The van der Waals surface area contributed by atoms with E-state index in [-0.39, 0.29) is 11.3 Å². The number of allylic oxidation sites excluding steroid dienone is 2. The van der Waals surface area contributed by atoms with Gasteiger partial charge in [-0.3, -0.25) is 4.79 Å². The van der Waals surface area contributed by atoms with Crippen molar-refractivity contribution < 1.29 is 14.7 Å². The van der Waals surface area contributed by atoms with Crippen LogP contribution >= 0.6 is 22.6 Å². The smallest absolute Gasteiger partial charge is 0.335 e. The molecule has 0 aromatic heterocycles. The van der Waals surface area contributed by atoms with Gasteiger partial charge in [0.1, 0.15) is 0 Å². The Kier molecular flexibility index (Phi) is 3.70. The summed E-state index contributed by atoms with van der Waals surface area (Å²) in [7, 11) is 0. The van der Waals surface area contributed by atoms with Gasteiger partial charge in [-0.05, 0) is 54.1 Å². The van der Waals surface area contributed by atoms with E-state index in [1.165, 1.54) is 0 Å². The first-order valence-electron chi connectivity index (χ1n) is 5.52. The normalized spacial score (nSPS) is 15.1. The van der Waals surface area contributed by atoms with E-state index in [2.05, 4.69) is 27.9 Å². The van der Waals surface area contributed by atoms with Crippen molar-refractivity contribution in [2.45, 2.75) is 19.8 Å². The quantitative estimate of drug-likeness (QED) is 0.817. The molecule has 94 valence electrons. The van der Waals surface area contributed by atoms with Crippen molar-refractivity contribution in [2.24, 2.45) is 0 Å². The number of hydrogen-bond acceptors (Lipinski definition) is 3. The highest BCUT2D eigenvalue weighted by atomic mass is 127. The molecule has 0 spiro atoms. The summed E-state index contributed by atoms with van der Waals surface area (Å²) < 4.78 is 0.826. The summed E-state index contributed by atoms with van der Waals surface area (Å²) in [5.41, 5.74) is 2.80. The minimum atomic E-state index is -0.939. The Bertz CT molecular complexity index is 563. The van der Waals surface area contributed by atoms with E-state index in [1.54, 1.807) is 18.2 Å². The number of Topliss-reactive ketones (excluding diaryl/α,β-unsaturated/α-hetero) is 1. The number of anilines is 1. The van der Waals surface area contributed by atoms with Crippen LogP contribution in [0, 0.1) is 3.57 Å². The highest BCUT2D eigenvalue weighted by Gasteiger charge is 2.19. The summed E-state index contributed by atoms with van der Waals surface area (Å²) >= 11 is 2.08. The summed E-state index contributed by atoms with van der Waals surface area (Å²) in [6, 6.07) is 4.89. The van der Waals surface area contributed by atoms with Gasteiger partial charge in [-0.2, -0.15) is 0 Å². The Labute approximate surface area is 118 Å². The van der Waals surface area contributed by atoms with Gasteiger partial charge >= 0.3 is 5.97 Å². The van der Waals surface area contributed by atoms with Crippen LogP contribution in [0.15, 0.2) is 29.5 Å². The van der Waals surface area contributed by atoms with Gasteiger partial charge in [-0.25, -0.2) is 4.79 Å². The zero-order valence-corrected chi connectivity index (χ0v) is 11.9. The molecule has 1 aromatic rings. The number of ketones is 1. The highest BCUT2D eigenvalue weighted by molar-refractivity contribution is 14.1. The number of hydrogen-bond donors (Lipinski definition) is 2. The first-order chi connectivity index (χ1) is 8.49. The maximum absolute atomic E-state index is 11.4. The maximum atomic E-state index is 11.4. The number of carboxylic acid groups (broad SMARTS) is 1. The van der Waals surface area contributed by atoms with Crippen LogP contribution in [0.4, 0.5) is 5.69 Å². The van der Waals surface area contributed by atoms with Crippen molar-refractivity contribution in [3.63, 3.8) is 0 Å². The molecule has 0 saturated carbocycles. The Balaban J connectivity index is 2.26. The lowest BCUT2D eigenvalue weighted by Crippen LogP contribution is -2.03. The number of carboxylic acids is 1. The molecule has 1 aliphatic rings. The van der Waals surface area contributed by atoms with Gasteiger partial charge in [0, 0.05) is 21.3 Å². The van der Waals surface area contributed by atoms with Crippen molar-refractivity contribution in [2.75, 3.05) is 5.32 Å². The summed E-state index contributed by atoms with van der Waals surface area (Å²) in [5.74, 6) is -0.763. The van der Waals surface area contributed by atoms with Crippen molar-refractivity contribution >= 4 is 40.0 Å². The molecule has 0 amide bonds. The van der Waals surface area contributed by atoms with Crippen molar-refractivity contribution in [1.29, 1.82) is 0 Å². The average molecular weight is 357 g/mol. The zero-order chi connectivity index (χ0) is 13.3. The van der Waals surface area contributed by atoms with Gasteiger partial charge in [0.05, 0.1) is 11.3 Å². The van der Waals surface area contributed by atoms with Gasteiger partial charge in [-0.1, -0.05) is 0 Å². The predicted octanol–water partition coefficient (Wildman–Crippen LogP) is 3.04. The van der Waals surface area contributed by atoms with E-state index in [1.807, 2.05) is 6.92 Å². The Morgan fingerprint density at radius 2 is 2.11 bits per heavy atom. The molecule has 1 aliphatic carbocycles. The zero-order valence-electron chi connectivity index (χ0n) is 9.79. The van der Waals surface area contributed by atoms with Crippen LogP contribution in [0.5, 0.6) is 0 Å². The van der Waals surface area contributed by atoms with Gasteiger partial charge in [0.25, 0.3) is 0 Å². The third-order valence-corrected chi connectivity index (χ3v) is 3.87. The van der Waals surface area contributed by atoms with Gasteiger partial charge in [0.15, 0.2) is 5.78 Å². The molecule has 0 radical (unpaired) electrons. The van der Waals surface area contributed by atoms with E-state index >= 15 is 0 Å². The number of nitrogens with one attached hydrogen (secondary N) is 1. The van der Waals surface area contributed by atoms with Crippen LogP contribution in [0.1, 0.15) is 30.1 Å². The molecule has 0 unspecified atom stereocenters. The Hall–Kier alpha value is -1.37. The van der Waals surface area contributed by atoms with Gasteiger partial charge in [0.2, 0.25) is 0 Å². The molecular weight excluding hydrogens is 345 g/mol. The highest BCUT2D eigenvalue weighted by Crippen LogP contribution is 2.27. The number of halogens is 1. The van der Waals surface area contributed by atoms with Crippen molar-refractivity contribution in [3.05, 3.63) is 38.6 Å². The molecule has 2 N–H and O–H groups in total. The summed E-state index contributed by atoms with van der Waals surface area (Å²) in [6.45, 7) is 1.82. The first-order valence-corrected chi connectivity index (χ1v) is 6.59.